The Hall–Kier alpha value is -3.93. The molecule has 6 nitrogen and oxygen atoms in total. The SMILES string of the molecule is O=C(Nc1ccccc1-n1cccn1)c1ccc(Oc2ccccc2)nc1. The first-order valence-electron chi connectivity index (χ1n) is 8.39. The maximum atomic E-state index is 12.6. The summed E-state index contributed by atoms with van der Waals surface area (Å²) in [4.78, 5) is 16.8. The lowest BCUT2D eigenvalue weighted by Gasteiger charge is -2.11. The molecule has 4 rings (SSSR count). The summed E-state index contributed by atoms with van der Waals surface area (Å²) in [5.41, 5.74) is 1.88. The highest BCUT2D eigenvalue weighted by atomic mass is 16.5. The van der Waals surface area contributed by atoms with Gasteiger partial charge in [-0.15, -0.1) is 0 Å². The van der Waals surface area contributed by atoms with Gasteiger partial charge in [-0.25, -0.2) is 9.67 Å². The number of amides is 1. The number of pyridine rings is 1. The first-order valence-corrected chi connectivity index (χ1v) is 8.39. The lowest BCUT2D eigenvalue weighted by molar-refractivity contribution is 0.102. The molecule has 6 heteroatoms. The van der Waals surface area contributed by atoms with Crippen molar-refractivity contribution in [1.82, 2.24) is 14.8 Å². The average Bonchev–Trinajstić information content (AvgIpc) is 3.24. The number of anilines is 1. The number of aromatic nitrogens is 3. The predicted octanol–water partition coefficient (Wildman–Crippen LogP) is 4.31. The molecule has 0 aliphatic carbocycles. The molecule has 0 fully saturated rings. The van der Waals surface area contributed by atoms with E-state index in [2.05, 4.69) is 15.4 Å². The van der Waals surface area contributed by atoms with E-state index in [4.69, 9.17) is 4.74 Å². The number of para-hydroxylation sites is 3. The van der Waals surface area contributed by atoms with E-state index in [-0.39, 0.29) is 5.91 Å². The largest absolute Gasteiger partial charge is 0.439 e. The molecular weight excluding hydrogens is 340 g/mol. The molecule has 4 aromatic rings. The smallest absolute Gasteiger partial charge is 0.257 e. The number of hydrogen-bond donors (Lipinski definition) is 1. The van der Waals surface area contributed by atoms with Crippen LogP contribution in [0.2, 0.25) is 0 Å². The lowest BCUT2D eigenvalue weighted by atomic mass is 10.2. The van der Waals surface area contributed by atoms with Gasteiger partial charge in [0.1, 0.15) is 5.75 Å². The Bertz CT molecular complexity index is 1030. The number of carbonyl (C=O) groups is 1. The fourth-order valence-electron chi connectivity index (χ4n) is 2.57. The summed E-state index contributed by atoms with van der Waals surface area (Å²) in [6, 6.07) is 22.0. The van der Waals surface area contributed by atoms with Crippen LogP contribution < -0.4 is 10.1 Å². The van der Waals surface area contributed by atoms with Gasteiger partial charge in [-0.1, -0.05) is 30.3 Å². The van der Waals surface area contributed by atoms with Crippen LogP contribution in [0.4, 0.5) is 5.69 Å². The zero-order valence-corrected chi connectivity index (χ0v) is 14.3. The van der Waals surface area contributed by atoms with Crippen molar-refractivity contribution in [3.05, 3.63) is 97.0 Å². The van der Waals surface area contributed by atoms with Crippen LogP contribution in [0.25, 0.3) is 5.69 Å². The van der Waals surface area contributed by atoms with Crippen molar-refractivity contribution in [2.24, 2.45) is 0 Å². The topological polar surface area (TPSA) is 69.0 Å². The number of nitrogens with one attached hydrogen (secondary N) is 1. The number of rotatable bonds is 5. The van der Waals surface area contributed by atoms with E-state index in [0.717, 1.165) is 5.69 Å². The Balaban J connectivity index is 1.49. The number of benzene rings is 2. The standard InChI is InChI=1S/C21H16N4O2/c26-21(24-18-9-4-5-10-19(18)25-14-6-13-23-25)16-11-12-20(22-15-16)27-17-7-2-1-3-8-17/h1-15H,(H,24,26). The molecule has 0 bridgehead atoms. The summed E-state index contributed by atoms with van der Waals surface area (Å²) in [6.45, 7) is 0. The normalized spacial score (nSPS) is 10.4. The number of carbonyl (C=O) groups excluding carboxylic acids is 1. The highest BCUT2D eigenvalue weighted by molar-refractivity contribution is 6.05. The van der Waals surface area contributed by atoms with E-state index in [0.29, 0.717) is 22.9 Å². The molecule has 2 aromatic heterocycles. The van der Waals surface area contributed by atoms with E-state index in [1.54, 1.807) is 23.0 Å². The van der Waals surface area contributed by atoms with Gasteiger partial charge in [0.05, 0.1) is 16.9 Å². The first kappa shape index (κ1) is 16.5. The Labute approximate surface area is 156 Å². The maximum Gasteiger partial charge on any atom is 0.257 e. The van der Waals surface area contributed by atoms with Gasteiger partial charge in [0.15, 0.2) is 0 Å². The second kappa shape index (κ2) is 7.53. The molecule has 0 saturated heterocycles. The van der Waals surface area contributed by atoms with Crippen molar-refractivity contribution >= 4 is 11.6 Å². The van der Waals surface area contributed by atoms with Crippen molar-refractivity contribution in [3.8, 4) is 17.3 Å². The van der Waals surface area contributed by atoms with Crippen molar-refractivity contribution in [2.45, 2.75) is 0 Å². The fourth-order valence-corrected chi connectivity index (χ4v) is 2.57. The van der Waals surface area contributed by atoms with Crippen LogP contribution in [0.15, 0.2) is 91.4 Å². The summed E-state index contributed by atoms with van der Waals surface area (Å²) < 4.78 is 7.34. The Kier molecular flexibility index (Phi) is 4.61. The number of ether oxygens (including phenoxy) is 1. The molecule has 0 spiro atoms. The highest BCUT2D eigenvalue weighted by Gasteiger charge is 2.11. The lowest BCUT2D eigenvalue weighted by Crippen LogP contribution is -2.14. The fraction of sp³-hybridized carbons (Fsp3) is 0. The monoisotopic (exact) mass is 356 g/mol. The van der Waals surface area contributed by atoms with Crippen molar-refractivity contribution in [3.63, 3.8) is 0 Å². The third kappa shape index (κ3) is 3.85. The third-order valence-corrected chi connectivity index (χ3v) is 3.87. The zero-order valence-electron chi connectivity index (χ0n) is 14.3. The van der Waals surface area contributed by atoms with Crippen LogP contribution in [0.5, 0.6) is 11.6 Å². The van der Waals surface area contributed by atoms with Crippen molar-refractivity contribution in [2.75, 3.05) is 5.32 Å². The molecule has 0 aliphatic rings. The van der Waals surface area contributed by atoms with Gasteiger partial charge in [0.2, 0.25) is 5.88 Å². The van der Waals surface area contributed by atoms with Gasteiger partial charge in [-0.2, -0.15) is 5.10 Å². The van der Waals surface area contributed by atoms with Gasteiger partial charge < -0.3 is 10.1 Å². The van der Waals surface area contributed by atoms with Crippen LogP contribution in [-0.2, 0) is 0 Å². The molecular formula is C21H16N4O2. The van der Waals surface area contributed by atoms with Crippen molar-refractivity contribution < 1.29 is 9.53 Å². The minimum absolute atomic E-state index is 0.256. The molecule has 0 aliphatic heterocycles. The van der Waals surface area contributed by atoms with E-state index in [1.165, 1.54) is 6.20 Å². The Morgan fingerprint density at radius 3 is 2.48 bits per heavy atom. The molecule has 27 heavy (non-hydrogen) atoms. The molecule has 132 valence electrons. The summed E-state index contributed by atoms with van der Waals surface area (Å²) in [6.07, 6.45) is 5.00. The molecule has 0 unspecified atom stereocenters. The summed E-state index contributed by atoms with van der Waals surface area (Å²) >= 11 is 0. The zero-order chi connectivity index (χ0) is 18.5. The average molecular weight is 356 g/mol. The Morgan fingerprint density at radius 1 is 0.926 bits per heavy atom. The molecule has 0 atom stereocenters. The number of nitrogens with zero attached hydrogens (tertiary/aromatic N) is 3. The predicted molar refractivity (Wildman–Crippen MR) is 102 cm³/mol. The van der Waals surface area contributed by atoms with Crippen LogP contribution >= 0.6 is 0 Å². The van der Waals surface area contributed by atoms with E-state index in [9.17, 15) is 4.79 Å². The van der Waals surface area contributed by atoms with Crippen LogP contribution in [0.1, 0.15) is 10.4 Å². The molecule has 1 amide bonds. The maximum absolute atomic E-state index is 12.6. The summed E-state index contributed by atoms with van der Waals surface area (Å²) in [5, 5.41) is 7.12. The van der Waals surface area contributed by atoms with Gasteiger partial charge >= 0.3 is 0 Å². The van der Waals surface area contributed by atoms with E-state index < -0.39 is 0 Å². The molecule has 2 aromatic carbocycles. The third-order valence-electron chi connectivity index (χ3n) is 3.87. The molecule has 1 N–H and O–H groups in total. The van der Waals surface area contributed by atoms with Crippen LogP contribution in [0.3, 0.4) is 0 Å². The first-order chi connectivity index (χ1) is 13.3. The van der Waals surface area contributed by atoms with Gasteiger partial charge in [0.25, 0.3) is 5.91 Å². The minimum Gasteiger partial charge on any atom is -0.439 e. The van der Waals surface area contributed by atoms with E-state index in [1.807, 2.05) is 66.9 Å². The molecule has 0 radical (unpaired) electrons. The molecule has 0 saturated carbocycles. The molecule has 2 heterocycles. The van der Waals surface area contributed by atoms with Gasteiger partial charge in [-0.3, -0.25) is 4.79 Å². The highest BCUT2D eigenvalue weighted by Crippen LogP contribution is 2.21. The van der Waals surface area contributed by atoms with Gasteiger partial charge in [-0.05, 0) is 36.4 Å². The number of hydrogen-bond acceptors (Lipinski definition) is 4. The van der Waals surface area contributed by atoms with Crippen LogP contribution in [-0.4, -0.2) is 20.7 Å². The van der Waals surface area contributed by atoms with Gasteiger partial charge in [0, 0.05) is 24.7 Å². The van der Waals surface area contributed by atoms with E-state index >= 15 is 0 Å². The van der Waals surface area contributed by atoms with Crippen LogP contribution in [0, 0.1) is 0 Å². The second-order valence-corrected chi connectivity index (χ2v) is 5.72. The summed E-state index contributed by atoms with van der Waals surface area (Å²) in [7, 11) is 0. The van der Waals surface area contributed by atoms with Crippen molar-refractivity contribution in [1.29, 1.82) is 0 Å². The minimum atomic E-state index is -0.256. The summed E-state index contributed by atoms with van der Waals surface area (Å²) in [5.74, 6) is 0.860. The second-order valence-electron chi connectivity index (χ2n) is 5.72. The quantitative estimate of drug-likeness (QED) is 0.578. The Morgan fingerprint density at radius 2 is 1.74 bits per heavy atom.